The van der Waals surface area contributed by atoms with Gasteiger partial charge in [-0.15, -0.1) is 0 Å². The minimum Gasteiger partial charge on any atom is -0.480 e. The summed E-state index contributed by atoms with van der Waals surface area (Å²) in [5.74, 6) is 0.0209. The fraction of sp³-hybridized carbons (Fsp3) is 0.846. The summed E-state index contributed by atoms with van der Waals surface area (Å²) >= 11 is 1.91. The van der Waals surface area contributed by atoms with Crippen LogP contribution in [0.1, 0.15) is 32.6 Å². The number of rotatable bonds is 4. The number of nitrogens with one attached hydrogen (secondary N) is 1. The lowest BCUT2D eigenvalue weighted by Gasteiger charge is -2.24. The van der Waals surface area contributed by atoms with E-state index in [9.17, 15) is 14.7 Å². The van der Waals surface area contributed by atoms with Crippen molar-refractivity contribution in [1.82, 2.24) is 10.2 Å². The van der Waals surface area contributed by atoms with Gasteiger partial charge in [-0.25, -0.2) is 9.59 Å². The molecule has 7 heteroatoms. The van der Waals surface area contributed by atoms with Gasteiger partial charge in [0.1, 0.15) is 6.04 Å². The van der Waals surface area contributed by atoms with Crippen molar-refractivity contribution in [2.45, 2.75) is 56.0 Å². The van der Waals surface area contributed by atoms with Gasteiger partial charge in [0.15, 0.2) is 0 Å². The van der Waals surface area contributed by atoms with Crippen molar-refractivity contribution in [3.63, 3.8) is 0 Å². The van der Waals surface area contributed by atoms with E-state index in [1.807, 2.05) is 11.8 Å². The molecule has 4 atom stereocenters. The van der Waals surface area contributed by atoms with E-state index in [1.165, 1.54) is 4.90 Å². The van der Waals surface area contributed by atoms with E-state index in [2.05, 4.69) is 12.2 Å². The molecule has 0 aromatic heterocycles. The fourth-order valence-corrected chi connectivity index (χ4v) is 4.13. The van der Waals surface area contributed by atoms with Crippen molar-refractivity contribution in [2.24, 2.45) is 0 Å². The van der Waals surface area contributed by atoms with Gasteiger partial charge in [0, 0.05) is 24.3 Å². The van der Waals surface area contributed by atoms with Crippen LogP contribution in [-0.4, -0.2) is 62.8 Å². The van der Waals surface area contributed by atoms with Gasteiger partial charge >= 0.3 is 12.0 Å². The number of aliphatic hydroxyl groups excluding tert-OH is 1. The lowest BCUT2D eigenvalue weighted by atomic mass is 10.2. The molecule has 2 rings (SSSR count). The summed E-state index contributed by atoms with van der Waals surface area (Å²) in [6.07, 6.45) is 2.35. The Kier molecular flexibility index (Phi) is 5.15. The second-order valence-electron chi connectivity index (χ2n) is 5.43. The molecular weight excluding hydrogens is 280 g/mol. The molecule has 0 bridgehead atoms. The number of aliphatic carboxylic acids is 1. The van der Waals surface area contributed by atoms with E-state index in [1.54, 1.807) is 0 Å². The smallest absolute Gasteiger partial charge is 0.326 e. The number of carbonyl (C=O) groups is 2. The van der Waals surface area contributed by atoms with Crippen LogP contribution in [0.25, 0.3) is 0 Å². The monoisotopic (exact) mass is 302 g/mol. The number of urea groups is 1. The van der Waals surface area contributed by atoms with Crippen LogP contribution in [0.4, 0.5) is 4.79 Å². The van der Waals surface area contributed by atoms with Gasteiger partial charge in [-0.3, -0.25) is 0 Å². The molecule has 0 aromatic carbocycles. The highest BCUT2D eigenvalue weighted by Crippen LogP contribution is 2.30. The maximum atomic E-state index is 12.2. The molecule has 2 fully saturated rings. The first-order valence-corrected chi connectivity index (χ1v) is 8.15. The van der Waals surface area contributed by atoms with Crippen molar-refractivity contribution < 1.29 is 19.8 Å². The van der Waals surface area contributed by atoms with E-state index in [4.69, 9.17) is 5.11 Å². The second-order valence-corrected chi connectivity index (χ2v) is 7.01. The van der Waals surface area contributed by atoms with E-state index in [0.29, 0.717) is 5.25 Å². The number of aliphatic hydroxyl groups is 1. The molecule has 1 saturated heterocycles. The molecule has 0 radical (unpaired) electrons. The van der Waals surface area contributed by atoms with E-state index >= 15 is 0 Å². The number of nitrogens with zero attached hydrogens (tertiary/aromatic N) is 1. The molecule has 2 amide bonds. The maximum Gasteiger partial charge on any atom is 0.326 e. The van der Waals surface area contributed by atoms with Gasteiger partial charge in [0.2, 0.25) is 0 Å². The van der Waals surface area contributed by atoms with Gasteiger partial charge in [-0.2, -0.15) is 11.8 Å². The van der Waals surface area contributed by atoms with Crippen LogP contribution in [0, 0.1) is 0 Å². The van der Waals surface area contributed by atoms with Crippen LogP contribution in [0.3, 0.4) is 0 Å². The first kappa shape index (κ1) is 15.4. The zero-order valence-corrected chi connectivity index (χ0v) is 12.4. The highest BCUT2D eigenvalue weighted by atomic mass is 32.2. The van der Waals surface area contributed by atoms with Gasteiger partial charge in [-0.1, -0.05) is 6.92 Å². The summed E-state index contributed by atoms with van der Waals surface area (Å²) in [6.45, 7) is 2.22. The van der Waals surface area contributed by atoms with Gasteiger partial charge < -0.3 is 20.4 Å². The normalized spacial score (nSPS) is 33.4. The molecule has 1 aliphatic heterocycles. The van der Waals surface area contributed by atoms with Crippen molar-refractivity contribution >= 4 is 23.8 Å². The molecule has 0 aromatic rings. The average Bonchev–Trinajstić information content (AvgIpc) is 2.96. The summed E-state index contributed by atoms with van der Waals surface area (Å²) in [5.41, 5.74) is 0. The molecule has 2 unspecified atom stereocenters. The van der Waals surface area contributed by atoms with Crippen LogP contribution in [-0.2, 0) is 4.79 Å². The molecule has 114 valence electrons. The van der Waals surface area contributed by atoms with E-state index in [-0.39, 0.29) is 25.0 Å². The standard InChI is InChI=1S/C13H22N2O4S/c1-2-20-10-4-3-8(5-10)14-13(19)15-7-9(16)6-11(15)12(17)18/h8-11,16H,2-7H2,1H3,(H,14,19)(H,17,18)/t8?,9-,10?,11-/m0/s1. The summed E-state index contributed by atoms with van der Waals surface area (Å²) in [5, 5.41) is 22.1. The highest BCUT2D eigenvalue weighted by molar-refractivity contribution is 7.99. The largest absolute Gasteiger partial charge is 0.480 e. The van der Waals surface area contributed by atoms with E-state index in [0.717, 1.165) is 25.0 Å². The molecule has 2 aliphatic rings. The lowest BCUT2D eigenvalue weighted by Crippen LogP contribution is -2.48. The van der Waals surface area contributed by atoms with Crippen molar-refractivity contribution in [3.05, 3.63) is 0 Å². The third kappa shape index (κ3) is 3.58. The number of carboxylic acids is 1. The molecule has 1 aliphatic carbocycles. The topological polar surface area (TPSA) is 89.9 Å². The SMILES string of the molecule is CCSC1CCC(NC(=O)N2C[C@@H](O)C[C@H]2C(=O)O)C1. The van der Waals surface area contributed by atoms with Crippen LogP contribution >= 0.6 is 11.8 Å². The Labute approximate surface area is 122 Å². The summed E-state index contributed by atoms with van der Waals surface area (Å²) in [7, 11) is 0. The van der Waals surface area contributed by atoms with Gasteiger partial charge in [0.05, 0.1) is 6.10 Å². The number of carbonyl (C=O) groups excluding carboxylic acids is 1. The second kappa shape index (κ2) is 6.67. The van der Waals surface area contributed by atoms with Gasteiger partial charge in [-0.05, 0) is 25.0 Å². The van der Waals surface area contributed by atoms with Crippen LogP contribution in [0.5, 0.6) is 0 Å². The predicted molar refractivity (Wildman–Crippen MR) is 76.8 cm³/mol. The Morgan fingerprint density at radius 3 is 2.75 bits per heavy atom. The lowest BCUT2D eigenvalue weighted by molar-refractivity contribution is -0.141. The third-order valence-electron chi connectivity index (χ3n) is 3.94. The Morgan fingerprint density at radius 2 is 2.10 bits per heavy atom. The number of hydrogen-bond acceptors (Lipinski definition) is 4. The predicted octanol–water partition coefficient (Wildman–Crippen LogP) is 0.890. The Hall–Kier alpha value is -0.950. The molecule has 3 N–H and O–H groups in total. The molecule has 6 nitrogen and oxygen atoms in total. The number of β-amino-alcohol motifs (C(OH)–C–C–N with tert-alkyl or cyclic N) is 1. The summed E-state index contributed by atoms with van der Waals surface area (Å²) in [4.78, 5) is 24.5. The van der Waals surface area contributed by atoms with E-state index < -0.39 is 18.1 Å². The zero-order chi connectivity index (χ0) is 14.7. The molecule has 0 spiro atoms. The minimum atomic E-state index is -1.05. The van der Waals surface area contributed by atoms with Gasteiger partial charge in [0.25, 0.3) is 0 Å². The zero-order valence-electron chi connectivity index (χ0n) is 11.6. The number of likely N-dealkylation sites (tertiary alicyclic amines) is 1. The average molecular weight is 302 g/mol. The van der Waals surface area contributed by atoms with Crippen molar-refractivity contribution in [1.29, 1.82) is 0 Å². The fourth-order valence-electron chi connectivity index (χ4n) is 2.99. The van der Waals surface area contributed by atoms with Crippen molar-refractivity contribution in [3.8, 4) is 0 Å². The first-order chi connectivity index (χ1) is 9.51. The number of carboxylic acid groups (broad SMARTS) is 1. The highest BCUT2D eigenvalue weighted by Gasteiger charge is 2.40. The summed E-state index contributed by atoms with van der Waals surface area (Å²) < 4.78 is 0. The Balaban J connectivity index is 1.87. The molecule has 1 saturated carbocycles. The summed E-state index contributed by atoms with van der Waals surface area (Å²) in [6, 6.07) is -1.15. The Morgan fingerprint density at radius 1 is 1.35 bits per heavy atom. The maximum absolute atomic E-state index is 12.2. The number of hydrogen-bond donors (Lipinski definition) is 3. The molecule has 20 heavy (non-hydrogen) atoms. The Bertz CT molecular complexity index is 379. The third-order valence-corrected chi connectivity index (χ3v) is 5.17. The van der Waals surface area contributed by atoms with Crippen LogP contribution in [0.15, 0.2) is 0 Å². The van der Waals surface area contributed by atoms with Crippen LogP contribution < -0.4 is 5.32 Å². The van der Waals surface area contributed by atoms with Crippen molar-refractivity contribution in [2.75, 3.05) is 12.3 Å². The first-order valence-electron chi connectivity index (χ1n) is 7.10. The quantitative estimate of drug-likeness (QED) is 0.717. The molecule has 1 heterocycles. The van der Waals surface area contributed by atoms with Crippen LogP contribution in [0.2, 0.25) is 0 Å². The number of thioether (sulfide) groups is 1. The minimum absolute atomic E-state index is 0.0999. The number of amides is 2. The molecular formula is C13H22N2O4S.